The molecule has 0 aliphatic rings. The maximum Gasteiger partial charge on any atom is 0.230 e. The highest BCUT2D eigenvalue weighted by atomic mass is 32.2. The molecule has 100 valence electrons. The average Bonchev–Trinajstić information content (AvgIpc) is 2.30. The average molecular weight is 266 g/mol. The fourth-order valence-corrected chi connectivity index (χ4v) is 2.61. The van der Waals surface area contributed by atoms with E-state index in [4.69, 9.17) is 5.73 Å². The summed E-state index contributed by atoms with van der Waals surface area (Å²) in [5.74, 6) is 0.490. The Hall–Kier alpha value is -1.16. The number of nitrogen functional groups attached to an aromatic ring is 1. The molecule has 1 unspecified atom stereocenters. The summed E-state index contributed by atoms with van der Waals surface area (Å²) in [6.07, 6.45) is 2.10. The maximum absolute atomic E-state index is 11.7. The van der Waals surface area contributed by atoms with Crippen molar-refractivity contribution in [3.05, 3.63) is 23.8 Å². The van der Waals surface area contributed by atoms with E-state index >= 15 is 0 Å². The van der Waals surface area contributed by atoms with E-state index in [1.54, 1.807) is 0 Å². The molecule has 3 nitrogen and oxygen atoms in total. The molecule has 1 aromatic carbocycles. The minimum atomic E-state index is 0.0712. The van der Waals surface area contributed by atoms with Gasteiger partial charge in [0.2, 0.25) is 5.91 Å². The minimum absolute atomic E-state index is 0.0712. The van der Waals surface area contributed by atoms with Gasteiger partial charge >= 0.3 is 0 Å². The topological polar surface area (TPSA) is 55.1 Å². The Balaban J connectivity index is 2.45. The van der Waals surface area contributed by atoms with Gasteiger partial charge in [0.05, 0.1) is 5.75 Å². The van der Waals surface area contributed by atoms with E-state index in [0.29, 0.717) is 5.75 Å². The fourth-order valence-electron chi connectivity index (χ4n) is 1.73. The number of carbonyl (C=O) groups is 1. The van der Waals surface area contributed by atoms with E-state index in [9.17, 15) is 4.79 Å². The zero-order chi connectivity index (χ0) is 13.5. The molecule has 4 heteroatoms. The van der Waals surface area contributed by atoms with Gasteiger partial charge in [-0.25, -0.2) is 0 Å². The van der Waals surface area contributed by atoms with Crippen LogP contribution in [0, 0.1) is 6.92 Å². The van der Waals surface area contributed by atoms with Crippen LogP contribution >= 0.6 is 11.8 Å². The molecular formula is C14H22N2OS. The largest absolute Gasteiger partial charge is 0.398 e. The molecule has 0 fully saturated rings. The lowest BCUT2D eigenvalue weighted by Crippen LogP contribution is -2.33. The molecule has 0 aliphatic carbocycles. The molecule has 0 aliphatic heterocycles. The second-order valence-corrected chi connectivity index (χ2v) is 5.60. The van der Waals surface area contributed by atoms with Crippen molar-refractivity contribution in [3.63, 3.8) is 0 Å². The molecule has 0 heterocycles. The first kappa shape index (κ1) is 14.9. The molecule has 18 heavy (non-hydrogen) atoms. The van der Waals surface area contributed by atoms with Gasteiger partial charge in [-0.2, -0.15) is 0 Å². The molecule has 1 rings (SSSR count). The van der Waals surface area contributed by atoms with Crippen molar-refractivity contribution in [2.24, 2.45) is 0 Å². The van der Waals surface area contributed by atoms with Gasteiger partial charge in [0.25, 0.3) is 0 Å². The van der Waals surface area contributed by atoms with E-state index in [1.165, 1.54) is 11.8 Å². The van der Waals surface area contributed by atoms with Gasteiger partial charge in [0.15, 0.2) is 0 Å². The van der Waals surface area contributed by atoms with Gasteiger partial charge in [0.1, 0.15) is 0 Å². The number of aryl methyl sites for hydroxylation is 1. The van der Waals surface area contributed by atoms with E-state index in [2.05, 4.69) is 12.2 Å². The molecule has 1 atom stereocenters. The lowest BCUT2D eigenvalue weighted by Gasteiger charge is -2.13. The smallest absolute Gasteiger partial charge is 0.230 e. The van der Waals surface area contributed by atoms with Gasteiger partial charge in [0, 0.05) is 16.6 Å². The summed E-state index contributed by atoms with van der Waals surface area (Å²) in [5.41, 5.74) is 7.77. The third kappa shape index (κ3) is 5.00. The van der Waals surface area contributed by atoms with Crippen LogP contribution in [0.25, 0.3) is 0 Å². The van der Waals surface area contributed by atoms with E-state index in [0.717, 1.165) is 29.0 Å². The highest BCUT2D eigenvalue weighted by Gasteiger charge is 2.08. The highest BCUT2D eigenvalue weighted by molar-refractivity contribution is 8.00. The summed E-state index contributed by atoms with van der Waals surface area (Å²) in [6.45, 7) is 6.17. The van der Waals surface area contributed by atoms with Crippen molar-refractivity contribution < 1.29 is 4.79 Å². The van der Waals surface area contributed by atoms with Gasteiger partial charge in [-0.15, -0.1) is 11.8 Å². The number of nitrogens with one attached hydrogen (secondary N) is 1. The third-order valence-corrected chi connectivity index (χ3v) is 3.73. The summed E-state index contributed by atoms with van der Waals surface area (Å²) >= 11 is 1.49. The summed E-state index contributed by atoms with van der Waals surface area (Å²) in [4.78, 5) is 12.7. The molecule has 0 radical (unpaired) electrons. The van der Waals surface area contributed by atoms with Crippen LogP contribution in [0.3, 0.4) is 0 Å². The van der Waals surface area contributed by atoms with Crippen LogP contribution in [0.5, 0.6) is 0 Å². The Morgan fingerprint density at radius 3 is 2.89 bits per heavy atom. The summed E-state index contributed by atoms with van der Waals surface area (Å²) in [6, 6.07) is 6.12. The lowest BCUT2D eigenvalue weighted by atomic mass is 10.2. The Morgan fingerprint density at radius 2 is 2.22 bits per heavy atom. The van der Waals surface area contributed by atoms with Crippen molar-refractivity contribution in [1.29, 1.82) is 0 Å². The quantitative estimate of drug-likeness (QED) is 0.615. The second kappa shape index (κ2) is 7.31. The third-order valence-electron chi connectivity index (χ3n) is 2.66. The number of hydrogen-bond donors (Lipinski definition) is 2. The van der Waals surface area contributed by atoms with Crippen LogP contribution < -0.4 is 11.1 Å². The zero-order valence-corrected chi connectivity index (χ0v) is 12.1. The van der Waals surface area contributed by atoms with Crippen molar-refractivity contribution in [1.82, 2.24) is 5.32 Å². The van der Waals surface area contributed by atoms with Crippen LogP contribution in [-0.2, 0) is 4.79 Å². The van der Waals surface area contributed by atoms with Gasteiger partial charge in [-0.1, -0.05) is 19.4 Å². The van der Waals surface area contributed by atoms with Crippen molar-refractivity contribution in [3.8, 4) is 0 Å². The summed E-state index contributed by atoms with van der Waals surface area (Å²) < 4.78 is 0. The second-order valence-electron chi connectivity index (χ2n) is 4.59. The first-order valence-corrected chi connectivity index (χ1v) is 7.29. The summed E-state index contributed by atoms with van der Waals surface area (Å²) in [5, 5.41) is 2.98. The maximum atomic E-state index is 11.7. The van der Waals surface area contributed by atoms with Crippen molar-refractivity contribution in [2.75, 3.05) is 11.5 Å². The Morgan fingerprint density at radius 1 is 1.50 bits per heavy atom. The van der Waals surface area contributed by atoms with Gasteiger partial charge in [-0.3, -0.25) is 4.79 Å². The SMILES string of the molecule is CCCC(C)NC(=O)CSc1cc(C)ccc1N. The molecule has 0 bridgehead atoms. The number of benzene rings is 1. The highest BCUT2D eigenvalue weighted by Crippen LogP contribution is 2.25. The van der Waals surface area contributed by atoms with Crippen LogP contribution in [0.2, 0.25) is 0 Å². The molecule has 3 N–H and O–H groups in total. The van der Waals surface area contributed by atoms with Gasteiger partial charge < -0.3 is 11.1 Å². The molecule has 0 saturated carbocycles. The number of hydrogen-bond acceptors (Lipinski definition) is 3. The molecule has 0 spiro atoms. The number of anilines is 1. The van der Waals surface area contributed by atoms with Crippen LogP contribution in [0.4, 0.5) is 5.69 Å². The zero-order valence-electron chi connectivity index (χ0n) is 11.3. The molecule has 1 aromatic rings. The van der Waals surface area contributed by atoms with Crippen molar-refractivity contribution in [2.45, 2.75) is 44.6 Å². The molecule has 0 aromatic heterocycles. The first-order valence-electron chi connectivity index (χ1n) is 6.31. The van der Waals surface area contributed by atoms with Gasteiger partial charge in [-0.05, 0) is 38.0 Å². The minimum Gasteiger partial charge on any atom is -0.398 e. The number of thioether (sulfide) groups is 1. The van der Waals surface area contributed by atoms with E-state index in [-0.39, 0.29) is 11.9 Å². The molecular weight excluding hydrogens is 244 g/mol. The number of rotatable bonds is 6. The fraction of sp³-hybridized carbons (Fsp3) is 0.500. The number of nitrogens with two attached hydrogens (primary N) is 1. The van der Waals surface area contributed by atoms with Crippen LogP contribution in [-0.4, -0.2) is 17.7 Å². The Kier molecular flexibility index (Phi) is 6.05. The number of amides is 1. The monoisotopic (exact) mass is 266 g/mol. The van der Waals surface area contributed by atoms with E-state index in [1.807, 2.05) is 32.0 Å². The Bertz CT molecular complexity index is 407. The molecule has 0 saturated heterocycles. The predicted molar refractivity (Wildman–Crippen MR) is 78.8 cm³/mol. The first-order chi connectivity index (χ1) is 8.52. The normalized spacial score (nSPS) is 12.2. The summed E-state index contributed by atoms with van der Waals surface area (Å²) in [7, 11) is 0. The van der Waals surface area contributed by atoms with Crippen molar-refractivity contribution >= 4 is 23.4 Å². The number of carbonyl (C=O) groups excluding carboxylic acids is 1. The Labute approximate surface area is 114 Å². The van der Waals surface area contributed by atoms with Crippen LogP contribution in [0.1, 0.15) is 32.3 Å². The molecule has 1 amide bonds. The van der Waals surface area contributed by atoms with E-state index < -0.39 is 0 Å². The van der Waals surface area contributed by atoms with Crippen LogP contribution in [0.15, 0.2) is 23.1 Å². The predicted octanol–water partition coefficient (Wildman–Crippen LogP) is 2.97. The lowest BCUT2D eigenvalue weighted by molar-refractivity contribution is -0.119. The standard InChI is InChI=1S/C14H22N2OS/c1-4-5-11(3)16-14(17)9-18-13-8-10(2)6-7-12(13)15/h6-8,11H,4-5,9,15H2,1-3H3,(H,16,17).